The standard InChI is InChI=1S/C21H27N3O2/c1-20(26)10-16(11-20)19(25)23-13-21(14-23)7-5-15(6-8-21)17-12-22-24-9-3-2-4-18(17)24/h2-4,9,12,15-16,26H,5-8,10-11,13-14H2,1H3/t16-,20+. The lowest BCUT2D eigenvalue weighted by Crippen LogP contribution is -2.62. The summed E-state index contributed by atoms with van der Waals surface area (Å²) in [5, 5.41) is 14.4. The van der Waals surface area contributed by atoms with E-state index in [1.54, 1.807) is 0 Å². The molecule has 3 heterocycles. The molecule has 0 aromatic carbocycles. The van der Waals surface area contributed by atoms with Crippen molar-refractivity contribution in [1.82, 2.24) is 14.5 Å². The summed E-state index contributed by atoms with van der Waals surface area (Å²) in [5.74, 6) is 0.913. The summed E-state index contributed by atoms with van der Waals surface area (Å²) in [4.78, 5) is 14.6. The number of pyridine rings is 1. The highest BCUT2D eigenvalue weighted by atomic mass is 16.3. The summed E-state index contributed by atoms with van der Waals surface area (Å²) in [5.41, 5.74) is 2.34. The van der Waals surface area contributed by atoms with Crippen molar-refractivity contribution in [1.29, 1.82) is 0 Å². The molecule has 2 aromatic heterocycles. The lowest BCUT2D eigenvalue weighted by Gasteiger charge is -2.55. The Labute approximate surface area is 154 Å². The van der Waals surface area contributed by atoms with Gasteiger partial charge in [-0.15, -0.1) is 0 Å². The Morgan fingerprint density at radius 3 is 2.65 bits per heavy atom. The average Bonchev–Trinajstić information content (AvgIpc) is 3.01. The normalized spacial score (nSPS) is 31.0. The predicted octanol–water partition coefficient (Wildman–Crippen LogP) is 2.98. The van der Waals surface area contributed by atoms with Gasteiger partial charge < -0.3 is 10.0 Å². The van der Waals surface area contributed by atoms with Gasteiger partial charge in [0.15, 0.2) is 0 Å². The molecule has 5 rings (SSSR count). The summed E-state index contributed by atoms with van der Waals surface area (Å²) in [6.45, 7) is 3.67. The largest absolute Gasteiger partial charge is 0.390 e. The van der Waals surface area contributed by atoms with Crippen molar-refractivity contribution in [3.8, 4) is 0 Å². The van der Waals surface area contributed by atoms with Gasteiger partial charge in [-0.3, -0.25) is 4.79 Å². The molecular formula is C21H27N3O2. The molecule has 5 heteroatoms. The predicted molar refractivity (Wildman–Crippen MR) is 98.8 cm³/mol. The molecule has 2 aromatic rings. The molecule has 1 aliphatic heterocycles. The Hall–Kier alpha value is -1.88. The summed E-state index contributed by atoms with van der Waals surface area (Å²) in [7, 11) is 0. The van der Waals surface area contributed by atoms with Gasteiger partial charge in [0.1, 0.15) is 0 Å². The number of hydrogen-bond donors (Lipinski definition) is 1. The van der Waals surface area contributed by atoms with Gasteiger partial charge >= 0.3 is 0 Å². The number of fused-ring (bicyclic) bond motifs is 1. The maximum atomic E-state index is 12.5. The maximum Gasteiger partial charge on any atom is 0.225 e. The van der Waals surface area contributed by atoms with Gasteiger partial charge in [-0.25, -0.2) is 4.52 Å². The third-order valence-electron chi connectivity index (χ3n) is 7.03. The number of rotatable bonds is 2. The molecule has 0 unspecified atom stereocenters. The highest BCUT2D eigenvalue weighted by molar-refractivity contribution is 5.81. The van der Waals surface area contributed by atoms with E-state index in [0.29, 0.717) is 24.2 Å². The molecule has 0 radical (unpaired) electrons. The first-order valence-electron chi connectivity index (χ1n) is 9.88. The van der Waals surface area contributed by atoms with Crippen molar-refractivity contribution in [3.63, 3.8) is 0 Å². The van der Waals surface area contributed by atoms with Gasteiger partial charge in [0, 0.05) is 36.2 Å². The Balaban J connectivity index is 1.19. The van der Waals surface area contributed by atoms with Crippen LogP contribution in [-0.2, 0) is 4.79 Å². The number of aliphatic hydroxyl groups is 1. The van der Waals surface area contributed by atoms with Crippen molar-refractivity contribution < 1.29 is 9.90 Å². The zero-order chi connectivity index (χ0) is 17.9. The van der Waals surface area contributed by atoms with Crippen LogP contribution < -0.4 is 0 Å². The lowest BCUT2D eigenvalue weighted by molar-refractivity contribution is -0.163. The molecule has 1 amide bonds. The van der Waals surface area contributed by atoms with Crippen LogP contribution in [0.15, 0.2) is 30.6 Å². The first kappa shape index (κ1) is 16.3. The van der Waals surface area contributed by atoms with E-state index in [2.05, 4.69) is 17.2 Å². The van der Waals surface area contributed by atoms with Crippen molar-refractivity contribution in [2.45, 2.75) is 57.0 Å². The molecule has 0 atom stereocenters. The number of hydrogen-bond acceptors (Lipinski definition) is 3. The van der Waals surface area contributed by atoms with E-state index < -0.39 is 5.60 Å². The maximum absolute atomic E-state index is 12.5. The molecule has 138 valence electrons. The van der Waals surface area contributed by atoms with Crippen LogP contribution in [0.5, 0.6) is 0 Å². The molecule has 3 aliphatic rings. The molecule has 1 N–H and O–H groups in total. The first-order valence-corrected chi connectivity index (χ1v) is 9.88. The highest BCUT2D eigenvalue weighted by Gasteiger charge is 2.51. The second-order valence-corrected chi connectivity index (χ2v) is 9.20. The smallest absolute Gasteiger partial charge is 0.225 e. The molecule has 2 aliphatic carbocycles. The van der Waals surface area contributed by atoms with Crippen LogP contribution in [0.2, 0.25) is 0 Å². The lowest BCUT2D eigenvalue weighted by atomic mass is 9.64. The number of carbonyl (C=O) groups is 1. The zero-order valence-electron chi connectivity index (χ0n) is 15.4. The van der Waals surface area contributed by atoms with E-state index in [1.165, 1.54) is 36.8 Å². The second kappa shape index (κ2) is 5.56. The second-order valence-electron chi connectivity index (χ2n) is 9.20. The van der Waals surface area contributed by atoms with Crippen LogP contribution in [0.25, 0.3) is 5.52 Å². The molecule has 5 nitrogen and oxygen atoms in total. The van der Waals surface area contributed by atoms with E-state index in [-0.39, 0.29) is 11.8 Å². The van der Waals surface area contributed by atoms with E-state index in [4.69, 9.17) is 0 Å². The minimum Gasteiger partial charge on any atom is -0.390 e. The quantitative estimate of drug-likeness (QED) is 0.903. The average molecular weight is 353 g/mol. The van der Waals surface area contributed by atoms with Gasteiger partial charge in [-0.1, -0.05) is 6.07 Å². The van der Waals surface area contributed by atoms with Crippen LogP contribution in [0.1, 0.15) is 56.9 Å². The molecule has 1 spiro atoms. The Morgan fingerprint density at radius 1 is 1.23 bits per heavy atom. The molecule has 2 saturated carbocycles. The van der Waals surface area contributed by atoms with Crippen LogP contribution in [0, 0.1) is 11.3 Å². The van der Waals surface area contributed by atoms with Crippen molar-refractivity contribution in [2.24, 2.45) is 11.3 Å². The van der Waals surface area contributed by atoms with E-state index >= 15 is 0 Å². The topological polar surface area (TPSA) is 57.8 Å². The number of aromatic nitrogens is 2. The summed E-state index contributed by atoms with van der Waals surface area (Å²) in [6.07, 6.45) is 10.1. The SMILES string of the molecule is C[C@]1(O)C[C@@H](C(=O)N2CC3(CCC(c4cnn5ccccc45)CC3)C2)C1. The summed E-state index contributed by atoms with van der Waals surface area (Å²) < 4.78 is 1.97. The zero-order valence-corrected chi connectivity index (χ0v) is 15.4. The van der Waals surface area contributed by atoms with Crippen LogP contribution in [0.3, 0.4) is 0 Å². The molecule has 0 bridgehead atoms. The molecular weight excluding hydrogens is 326 g/mol. The monoisotopic (exact) mass is 353 g/mol. The van der Waals surface area contributed by atoms with Crippen LogP contribution >= 0.6 is 0 Å². The third-order valence-corrected chi connectivity index (χ3v) is 7.03. The summed E-state index contributed by atoms with van der Waals surface area (Å²) in [6, 6.07) is 6.25. The number of amides is 1. The van der Waals surface area contributed by atoms with Gasteiger partial charge in [-0.05, 0) is 63.5 Å². The Morgan fingerprint density at radius 2 is 1.96 bits per heavy atom. The van der Waals surface area contributed by atoms with Crippen molar-refractivity contribution >= 4 is 11.4 Å². The molecule has 3 fully saturated rings. The van der Waals surface area contributed by atoms with E-state index in [0.717, 1.165) is 13.1 Å². The fraction of sp³-hybridized carbons (Fsp3) is 0.619. The highest BCUT2D eigenvalue weighted by Crippen LogP contribution is 2.50. The number of likely N-dealkylation sites (tertiary alicyclic amines) is 1. The third kappa shape index (κ3) is 2.56. The number of carbonyl (C=O) groups excluding carboxylic acids is 1. The van der Waals surface area contributed by atoms with Gasteiger partial charge in [0.2, 0.25) is 5.91 Å². The fourth-order valence-corrected chi connectivity index (χ4v) is 5.48. The van der Waals surface area contributed by atoms with E-state index in [9.17, 15) is 9.90 Å². The van der Waals surface area contributed by atoms with Crippen molar-refractivity contribution in [3.05, 3.63) is 36.2 Å². The van der Waals surface area contributed by atoms with Gasteiger partial charge in [-0.2, -0.15) is 5.10 Å². The Bertz CT molecular complexity index is 832. The fourth-order valence-electron chi connectivity index (χ4n) is 5.48. The van der Waals surface area contributed by atoms with E-state index in [1.807, 2.05) is 34.8 Å². The van der Waals surface area contributed by atoms with Gasteiger partial charge in [0.05, 0.1) is 17.3 Å². The minimum absolute atomic E-state index is 0.0532. The van der Waals surface area contributed by atoms with Crippen molar-refractivity contribution in [2.75, 3.05) is 13.1 Å². The van der Waals surface area contributed by atoms with Crippen LogP contribution in [0.4, 0.5) is 0 Å². The number of nitrogens with zero attached hydrogens (tertiary/aromatic N) is 3. The molecule has 1 saturated heterocycles. The Kier molecular flexibility index (Phi) is 3.48. The first-order chi connectivity index (χ1) is 12.4. The minimum atomic E-state index is -0.616. The molecule has 26 heavy (non-hydrogen) atoms. The van der Waals surface area contributed by atoms with Gasteiger partial charge in [0.25, 0.3) is 0 Å². The summed E-state index contributed by atoms with van der Waals surface area (Å²) >= 11 is 0. The van der Waals surface area contributed by atoms with Crippen LogP contribution in [-0.4, -0.2) is 44.2 Å².